The van der Waals surface area contributed by atoms with Crippen LogP contribution in [0.5, 0.6) is 5.75 Å². The van der Waals surface area contributed by atoms with Crippen molar-refractivity contribution in [2.45, 2.75) is 51.9 Å². The third-order valence-electron chi connectivity index (χ3n) is 5.74. The summed E-state index contributed by atoms with van der Waals surface area (Å²) < 4.78 is 5.43. The van der Waals surface area contributed by atoms with Gasteiger partial charge in [0.1, 0.15) is 5.75 Å². The standard InChI is InChI=1S/C24H34N4O/c1-18-10-11-21(15-23(18)29-4)16-26-24(25-3)27-22-12-13-28(19(2)14-22)17-20-8-6-5-7-9-20/h5-11,15,19,22H,12-14,16-17H2,1-4H3,(H2,25,26,27). The molecular formula is C24H34N4O. The van der Waals surface area contributed by atoms with E-state index < -0.39 is 0 Å². The topological polar surface area (TPSA) is 48.9 Å². The molecule has 1 fully saturated rings. The Bertz CT molecular complexity index is 806. The van der Waals surface area contributed by atoms with Crippen LogP contribution in [-0.4, -0.2) is 43.6 Å². The van der Waals surface area contributed by atoms with Crippen molar-refractivity contribution in [3.63, 3.8) is 0 Å². The van der Waals surface area contributed by atoms with Crippen LogP contribution in [0.2, 0.25) is 0 Å². The van der Waals surface area contributed by atoms with Gasteiger partial charge in [0.15, 0.2) is 5.96 Å². The Morgan fingerprint density at radius 2 is 1.97 bits per heavy atom. The van der Waals surface area contributed by atoms with E-state index in [1.165, 1.54) is 11.1 Å². The number of likely N-dealkylation sites (tertiary alicyclic amines) is 1. The Kier molecular flexibility index (Phi) is 7.53. The summed E-state index contributed by atoms with van der Waals surface area (Å²) in [5.74, 6) is 1.78. The van der Waals surface area contributed by atoms with Crippen LogP contribution >= 0.6 is 0 Å². The number of guanidine groups is 1. The van der Waals surface area contributed by atoms with Gasteiger partial charge in [-0.1, -0.05) is 42.5 Å². The molecule has 5 heteroatoms. The van der Waals surface area contributed by atoms with Crippen molar-refractivity contribution in [1.82, 2.24) is 15.5 Å². The lowest BCUT2D eigenvalue weighted by Gasteiger charge is -2.38. The minimum absolute atomic E-state index is 0.441. The molecule has 1 aliphatic heterocycles. The number of hydrogen-bond donors (Lipinski definition) is 2. The summed E-state index contributed by atoms with van der Waals surface area (Å²) in [5.41, 5.74) is 3.72. The van der Waals surface area contributed by atoms with Gasteiger partial charge in [-0.3, -0.25) is 9.89 Å². The van der Waals surface area contributed by atoms with Crippen LogP contribution in [0.4, 0.5) is 0 Å². The molecule has 3 rings (SSSR count). The van der Waals surface area contributed by atoms with Gasteiger partial charge in [-0.15, -0.1) is 0 Å². The molecule has 0 bridgehead atoms. The van der Waals surface area contributed by atoms with Crippen LogP contribution in [-0.2, 0) is 13.1 Å². The molecule has 1 aliphatic rings. The largest absolute Gasteiger partial charge is 0.496 e. The molecule has 2 unspecified atom stereocenters. The second-order valence-electron chi connectivity index (χ2n) is 7.90. The lowest BCUT2D eigenvalue weighted by atomic mass is 9.97. The number of ether oxygens (including phenoxy) is 1. The lowest BCUT2D eigenvalue weighted by Crippen LogP contribution is -2.51. The van der Waals surface area contributed by atoms with Crippen LogP contribution in [0, 0.1) is 6.92 Å². The van der Waals surface area contributed by atoms with E-state index in [0.717, 1.165) is 49.7 Å². The van der Waals surface area contributed by atoms with E-state index >= 15 is 0 Å². The first kappa shape index (κ1) is 21.2. The van der Waals surface area contributed by atoms with E-state index in [1.54, 1.807) is 7.11 Å². The molecule has 5 nitrogen and oxygen atoms in total. The molecule has 1 heterocycles. The summed E-state index contributed by atoms with van der Waals surface area (Å²) >= 11 is 0. The number of benzene rings is 2. The monoisotopic (exact) mass is 394 g/mol. The molecule has 0 saturated carbocycles. The second kappa shape index (κ2) is 10.3. The molecule has 2 aromatic rings. The fourth-order valence-corrected chi connectivity index (χ4v) is 3.95. The average molecular weight is 395 g/mol. The normalized spacial score (nSPS) is 20.3. The molecule has 156 valence electrons. The maximum atomic E-state index is 5.43. The summed E-state index contributed by atoms with van der Waals surface area (Å²) in [4.78, 5) is 6.99. The fourth-order valence-electron chi connectivity index (χ4n) is 3.95. The number of nitrogens with zero attached hydrogens (tertiary/aromatic N) is 2. The Morgan fingerprint density at radius 1 is 1.17 bits per heavy atom. The van der Waals surface area contributed by atoms with Crippen molar-refractivity contribution in [3.05, 3.63) is 65.2 Å². The highest BCUT2D eigenvalue weighted by Crippen LogP contribution is 2.20. The second-order valence-corrected chi connectivity index (χ2v) is 7.90. The van der Waals surface area contributed by atoms with E-state index in [9.17, 15) is 0 Å². The van der Waals surface area contributed by atoms with Gasteiger partial charge >= 0.3 is 0 Å². The maximum absolute atomic E-state index is 5.43. The van der Waals surface area contributed by atoms with Crippen molar-refractivity contribution >= 4 is 5.96 Å². The lowest BCUT2D eigenvalue weighted by molar-refractivity contribution is 0.134. The zero-order valence-corrected chi connectivity index (χ0v) is 18.1. The average Bonchev–Trinajstić information content (AvgIpc) is 2.74. The molecule has 29 heavy (non-hydrogen) atoms. The summed E-state index contributed by atoms with van der Waals surface area (Å²) in [7, 11) is 3.55. The minimum atomic E-state index is 0.441. The van der Waals surface area contributed by atoms with E-state index in [2.05, 4.69) is 82.9 Å². The number of rotatable bonds is 6. The molecule has 0 amide bonds. The van der Waals surface area contributed by atoms with Gasteiger partial charge in [-0.05, 0) is 49.4 Å². The van der Waals surface area contributed by atoms with Gasteiger partial charge in [-0.25, -0.2) is 0 Å². The first-order valence-corrected chi connectivity index (χ1v) is 10.5. The number of methoxy groups -OCH3 is 1. The fraction of sp³-hybridized carbons (Fsp3) is 0.458. The number of aryl methyl sites for hydroxylation is 1. The highest BCUT2D eigenvalue weighted by Gasteiger charge is 2.25. The molecular weight excluding hydrogens is 360 g/mol. The molecule has 1 saturated heterocycles. The predicted octanol–water partition coefficient (Wildman–Crippen LogP) is 3.72. The van der Waals surface area contributed by atoms with Gasteiger partial charge in [0.25, 0.3) is 0 Å². The summed E-state index contributed by atoms with van der Waals surface area (Å²) in [6, 6.07) is 18.0. The minimum Gasteiger partial charge on any atom is -0.496 e. The molecule has 0 aliphatic carbocycles. The zero-order valence-electron chi connectivity index (χ0n) is 18.1. The maximum Gasteiger partial charge on any atom is 0.191 e. The van der Waals surface area contributed by atoms with Gasteiger partial charge in [0.05, 0.1) is 7.11 Å². The van der Waals surface area contributed by atoms with Crippen LogP contribution in [0.15, 0.2) is 53.5 Å². The first-order valence-electron chi connectivity index (χ1n) is 10.5. The Labute approximate surface area is 175 Å². The van der Waals surface area contributed by atoms with Crippen molar-refractivity contribution in [2.24, 2.45) is 4.99 Å². The molecule has 2 atom stereocenters. The van der Waals surface area contributed by atoms with E-state index in [0.29, 0.717) is 12.1 Å². The summed E-state index contributed by atoms with van der Waals surface area (Å²) in [5, 5.41) is 7.05. The number of hydrogen-bond acceptors (Lipinski definition) is 3. The third-order valence-corrected chi connectivity index (χ3v) is 5.74. The molecule has 0 spiro atoms. The van der Waals surface area contributed by atoms with Crippen molar-refractivity contribution in [2.75, 3.05) is 20.7 Å². The van der Waals surface area contributed by atoms with Gasteiger partial charge in [0, 0.05) is 38.8 Å². The van der Waals surface area contributed by atoms with E-state index in [4.69, 9.17) is 4.74 Å². The van der Waals surface area contributed by atoms with Crippen LogP contribution < -0.4 is 15.4 Å². The van der Waals surface area contributed by atoms with E-state index in [-0.39, 0.29) is 0 Å². The van der Waals surface area contributed by atoms with Gasteiger partial charge in [0.2, 0.25) is 0 Å². The number of piperidine rings is 1. The highest BCUT2D eigenvalue weighted by molar-refractivity contribution is 5.80. The Hall–Kier alpha value is -2.53. The zero-order chi connectivity index (χ0) is 20.6. The highest BCUT2D eigenvalue weighted by atomic mass is 16.5. The molecule has 2 aromatic carbocycles. The number of aliphatic imine (C=N–C) groups is 1. The molecule has 0 aromatic heterocycles. The Morgan fingerprint density at radius 3 is 2.66 bits per heavy atom. The van der Waals surface area contributed by atoms with Crippen LogP contribution in [0.1, 0.15) is 36.5 Å². The smallest absolute Gasteiger partial charge is 0.191 e. The predicted molar refractivity (Wildman–Crippen MR) is 120 cm³/mol. The number of nitrogens with one attached hydrogen (secondary N) is 2. The van der Waals surface area contributed by atoms with Crippen LogP contribution in [0.25, 0.3) is 0 Å². The third kappa shape index (κ3) is 5.97. The van der Waals surface area contributed by atoms with Crippen molar-refractivity contribution < 1.29 is 4.74 Å². The van der Waals surface area contributed by atoms with Crippen molar-refractivity contribution in [1.29, 1.82) is 0 Å². The summed E-state index contributed by atoms with van der Waals surface area (Å²) in [6.45, 7) is 7.23. The quantitative estimate of drug-likeness (QED) is 0.579. The SMILES string of the molecule is CN=C(NCc1ccc(C)c(OC)c1)NC1CCN(Cc2ccccc2)C(C)C1. The Balaban J connectivity index is 1.49. The first-order chi connectivity index (χ1) is 14.1. The van der Waals surface area contributed by atoms with Gasteiger partial charge < -0.3 is 15.4 Å². The van der Waals surface area contributed by atoms with E-state index in [1.807, 2.05) is 7.05 Å². The molecule has 0 radical (unpaired) electrons. The summed E-state index contributed by atoms with van der Waals surface area (Å²) in [6.07, 6.45) is 2.24. The molecule has 2 N–H and O–H groups in total. The van der Waals surface area contributed by atoms with Crippen molar-refractivity contribution in [3.8, 4) is 5.75 Å². The van der Waals surface area contributed by atoms with Crippen LogP contribution in [0.3, 0.4) is 0 Å². The van der Waals surface area contributed by atoms with Gasteiger partial charge in [-0.2, -0.15) is 0 Å².